The fourth-order valence-electron chi connectivity index (χ4n) is 4.07. The topological polar surface area (TPSA) is 87.3 Å². The van der Waals surface area contributed by atoms with Gasteiger partial charge < -0.3 is 15.0 Å². The van der Waals surface area contributed by atoms with Crippen LogP contribution in [0.5, 0.6) is 5.75 Å². The lowest BCUT2D eigenvalue weighted by atomic mass is 9.97. The van der Waals surface area contributed by atoms with Gasteiger partial charge >= 0.3 is 0 Å². The number of methoxy groups -OCH3 is 1. The maximum absolute atomic E-state index is 12.8. The van der Waals surface area contributed by atoms with Crippen molar-refractivity contribution in [2.24, 2.45) is 11.8 Å². The maximum Gasteiger partial charge on any atom is 0.270 e. The van der Waals surface area contributed by atoms with Gasteiger partial charge in [0, 0.05) is 30.6 Å². The number of aromatic nitrogens is 2. The zero-order valence-electron chi connectivity index (χ0n) is 18.8. The highest BCUT2D eigenvalue weighted by Crippen LogP contribution is 2.33. The molecule has 170 valence electrons. The molecule has 2 aromatic heterocycles. The van der Waals surface area contributed by atoms with E-state index in [1.807, 2.05) is 34.5 Å². The summed E-state index contributed by atoms with van der Waals surface area (Å²) in [6.07, 6.45) is 2.71. The summed E-state index contributed by atoms with van der Waals surface area (Å²) in [7, 11) is 1.64. The van der Waals surface area contributed by atoms with Crippen molar-refractivity contribution in [2.45, 2.75) is 33.1 Å². The van der Waals surface area contributed by atoms with Crippen molar-refractivity contribution < 1.29 is 9.53 Å². The van der Waals surface area contributed by atoms with Gasteiger partial charge in [0.1, 0.15) is 10.4 Å². The lowest BCUT2D eigenvalue weighted by Crippen LogP contribution is -2.44. The molecule has 0 spiro atoms. The molecule has 0 unspecified atom stereocenters. The summed E-state index contributed by atoms with van der Waals surface area (Å²) >= 11 is 1.39. The van der Waals surface area contributed by atoms with Gasteiger partial charge in [-0.1, -0.05) is 26.0 Å². The molecule has 0 saturated carbocycles. The molecule has 0 bridgehead atoms. The highest BCUT2D eigenvalue weighted by molar-refractivity contribution is 7.17. The number of anilines is 1. The van der Waals surface area contributed by atoms with Crippen LogP contribution in [0, 0.1) is 11.8 Å². The smallest absolute Gasteiger partial charge is 0.270 e. The Balaban J connectivity index is 1.59. The third kappa shape index (κ3) is 4.80. The maximum atomic E-state index is 12.8. The van der Waals surface area contributed by atoms with Gasteiger partial charge in [0.25, 0.3) is 5.56 Å². The van der Waals surface area contributed by atoms with Crippen LogP contribution in [0.3, 0.4) is 0 Å². The number of nitrogens with zero attached hydrogens (tertiary/aromatic N) is 2. The van der Waals surface area contributed by atoms with Crippen molar-refractivity contribution in [2.75, 3.05) is 31.6 Å². The fourth-order valence-corrected chi connectivity index (χ4v) is 4.98. The number of H-pyrrole nitrogens is 1. The van der Waals surface area contributed by atoms with Gasteiger partial charge in [-0.25, -0.2) is 4.98 Å². The molecule has 4 rings (SSSR count). The number of aromatic amines is 1. The third-order valence-electron chi connectivity index (χ3n) is 5.91. The molecule has 32 heavy (non-hydrogen) atoms. The monoisotopic (exact) mass is 454 g/mol. The predicted molar refractivity (Wildman–Crippen MR) is 130 cm³/mol. The Hall–Kier alpha value is -2.87. The Morgan fingerprint density at radius 3 is 3.03 bits per heavy atom. The van der Waals surface area contributed by atoms with E-state index in [4.69, 9.17) is 9.72 Å². The first kappa shape index (κ1) is 22.3. The van der Waals surface area contributed by atoms with Crippen molar-refractivity contribution in [3.05, 3.63) is 40.0 Å². The van der Waals surface area contributed by atoms with Crippen LogP contribution in [0.4, 0.5) is 5.95 Å². The Kier molecular flexibility index (Phi) is 6.79. The molecule has 1 aromatic carbocycles. The van der Waals surface area contributed by atoms with E-state index >= 15 is 0 Å². The second kappa shape index (κ2) is 9.73. The first-order chi connectivity index (χ1) is 15.5. The van der Waals surface area contributed by atoms with E-state index in [1.165, 1.54) is 11.3 Å². The van der Waals surface area contributed by atoms with Crippen LogP contribution in [0.15, 0.2) is 34.4 Å². The lowest BCUT2D eigenvalue weighted by molar-refractivity contribution is -0.125. The molecule has 1 saturated heterocycles. The number of thiophene rings is 1. The standard InChI is InChI=1S/C24H30N4O3S/c1-15(2)9-10-25-22(29)17-7-5-11-28(13-17)24-26-20-19(14-32-21(20)23(30)27-24)16-6-4-8-18(12-16)31-3/h4,6,8,12,14-15,17H,5,7,9-11,13H2,1-3H3,(H,25,29)(H,26,27,30)/t17-/m0/s1. The molecule has 1 atom stereocenters. The van der Waals surface area contributed by atoms with Crippen molar-refractivity contribution in [1.82, 2.24) is 15.3 Å². The zero-order chi connectivity index (χ0) is 22.7. The highest BCUT2D eigenvalue weighted by Gasteiger charge is 2.27. The molecule has 1 amide bonds. The van der Waals surface area contributed by atoms with E-state index in [9.17, 15) is 9.59 Å². The lowest BCUT2D eigenvalue weighted by Gasteiger charge is -2.32. The first-order valence-electron chi connectivity index (χ1n) is 11.1. The van der Waals surface area contributed by atoms with Gasteiger partial charge in [0.05, 0.1) is 18.5 Å². The molecule has 1 aliphatic rings. The number of ether oxygens (including phenoxy) is 1. The Morgan fingerprint density at radius 1 is 1.41 bits per heavy atom. The quantitative estimate of drug-likeness (QED) is 0.563. The third-order valence-corrected chi connectivity index (χ3v) is 6.88. The van der Waals surface area contributed by atoms with Crippen LogP contribution in [-0.2, 0) is 4.79 Å². The summed E-state index contributed by atoms with van der Waals surface area (Å²) in [4.78, 5) is 35.3. The summed E-state index contributed by atoms with van der Waals surface area (Å²) in [6, 6.07) is 7.76. The number of benzene rings is 1. The molecule has 3 heterocycles. The number of fused-ring (bicyclic) bond motifs is 1. The van der Waals surface area contributed by atoms with Crippen LogP contribution >= 0.6 is 11.3 Å². The van der Waals surface area contributed by atoms with Crippen LogP contribution in [-0.4, -0.2) is 42.6 Å². The summed E-state index contributed by atoms with van der Waals surface area (Å²) in [5.74, 6) is 1.84. The minimum Gasteiger partial charge on any atom is -0.497 e. The van der Waals surface area contributed by atoms with Gasteiger partial charge in [0.15, 0.2) is 0 Å². The number of rotatable bonds is 7. The molecule has 0 aliphatic carbocycles. The molecule has 8 heteroatoms. The predicted octanol–water partition coefficient (Wildman–Crippen LogP) is 4.04. The van der Waals surface area contributed by atoms with E-state index in [1.54, 1.807) is 7.11 Å². The number of amides is 1. The second-order valence-corrected chi connectivity index (χ2v) is 9.59. The molecule has 1 fully saturated rings. The second-order valence-electron chi connectivity index (χ2n) is 8.71. The zero-order valence-corrected chi connectivity index (χ0v) is 19.6. The summed E-state index contributed by atoms with van der Waals surface area (Å²) < 4.78 is 5.95. The summed E-state index contributed by atoms with van der Waals surface area (Å²) in [5.41, 5.74) is 2.41. The van der Waals surface area contributed by atoms with Gasteiger partial charge in [-0.3, -0.25) is 14.6 Å². The first-order valence-corrected chi connectivity index (χ1v) is 12.0. The number of carbonyl (C=O) groups is 1. The number of hydrogen-bond acceptors (Lipinski definition) is 6. The molecular formula is C24H30N4O3S. The van der Waals surface area contributed by atoms with E-state index in [0.717, 1.165) is 42.7 Å². The van der Waals surface area contributed by atoms with Crippen molar-refractivity contribution >= 4 is 33.4 Å². The Labute approximate surface area is 191 Å². The molecule has 7 nitrogen and oxygen atoms in total. The molecule has 0 radical (unpaired) electrons. The molecule has 3 aromatic rings. The molecular weight excluding hydrogens is 424 g/mol. The summed E-state index contributed by atoms with van der Waals surface area (Å²) in [6.45, 7) is 6.32. The number of piperidine rings is 1. The normalized spacial score (nSPS) is 16.5. The van der Waals surface area contributed by atoms with Crippen LogP contribution in [0.25, 0.3) is 21.3 Å². The largest absolute Gasteiger partial charge is 0.497 e. The van der Waals surface area contributed by atoms with Gasteiger partial charge in [-0.15, -0.1) is 11.3 Å². The van der Waals surface area contributed by atoms with Crippen LogP contribution < -0.4 is 20.5 Å². The van der Waals surface area contributed by atoms with Crippen LogP contribution in [0.2, 0.25) is 0 Å². The Bertz CT molecular complexity index is 1150. The van der Waals surface area contributed by atoms with Crippen LogP contribution in [0.1, 0.15) is 33.1 Å². The average molecular weight is 455 g/mol. The van der Waals surface area contributed by atoms with E-state index in [-0.39, 0.29) is 17.4 Å². The van der Waals surface area contributed by atoms with Crippen molar-refractivity contribution in [3.63, 3.8) is 0 Å². The molecule has 1 aliphatic heterocycles. The number of nitrogens with one attached hydrogen (secondary N) is 2. The Morgan fingerprint density at radius 2 is 2.25 bits per heavy atom. The van der Waals surface area contributed by atoms with Crippen molar-refractivity contribution in [1.29, 1.82) is 0 Å². The minimum absolute atomic E-state index is 0.0892. The van der Waals surface area contributed by atoms with E-state index in [0.29, 0.717) is 35.2 Å². The van der Waals surface area contributed by atoms with Gasteiger partial charge in [-0.05, 0) is 42.9 Å². The van der Waals surface area contributed by atoms with E-state index < -0.39 is 0 Å². The van der Waals surface area contributed by atoms with Crippen molar-refractivity contribution in [3.8, 4) is 16.9 Å². The van der Waals surface area contributed by atoms with Gasteiger partial charge in [0.2, 0.25) is 11.9 Å². The highest BCUT2D eigenvalue weighted by atomic mass is 32.1. The SMILES string of the molecule is COc1cccc(-c2csc3c(=O)[nH]c(N4CCC[C@H](C(=O)NCCC(C)C)C4)nc23)c1. The molecule has 2 N–H and O–H groups in total. The van der Waals surface area contributed by atoms with E-state index in [2.05, 4.69) is 24.1 Å². The number of hydrogen-bond donors (Lipinski definition) is 2. The minimum atomic E-state index is -0.146. The fraction of sp³-hybridized carbons (Fsp3) is 0.458. The number of carbonyl (C=O) groups excluding carboxylic acids is 1. The summed E-state index contributed by atoms with van der Waals surface area (Å²) in [5, 5.41) is 5.03. The average Bonchev–Trinajstić information content (AvgIpc) is 3.23. The van der Waals surface area contributed by atoms with Gasteiger partial charge in [-0.2, -0.15) is 0 Å².